The zero-order valence-electron chi connectivity index (χ0n) is 15.1. The van der Waals surface area contributed by atoms with Crippen LogP contribution >= 0.6 is 0 Å². The minimum absolute atomic E-state index is 0.461. The normalized spacial score (nSPS) is 15.6. The smallest absolute Gasteiger partial charge is 0.409 e. The van der Waals surface area contributed by atoms with Crippen molar-refractivity contribution >= 4 is 17.6 Å². The van der Waals surface area contributed by atoms with Crippen molar-refractivity contribution in [2.45, 2.75) is 32.2 Å². The molecule has 3 N–H and O–H groups in total. The summed E-state index contributed by atoms with van der Waals surface area (Å²) in [4.78, 5) is 17.8. The third-order valence-electron chi connectivity index (χ3n) is 4.81. The summed E-state index contributed by atoms with van der Waals surface area (Å²) in [6.45, 7) is 5.06. The summed E-state index contributed by atoms with van der Waals surface area (Å²) in [6, 6.07) is 12.2. The largest absolute Gasteiger partial charge is 0.465 e. The summed E-state index contributed by atoms with van der Waals surface area (Å²) < 4.78 is 0. The molecule has 138 valence electrons. The molecule has 0 bridgehead atoms. The van der Waals surface area contributed by atoms with E-state index in [4.69, 9.17) is 5.11 Å². The van der Waals surface area contributed by atoms with E-state index >= 15 is 0 Å². The van der Waals surface area contributed by atoms with E-state index < -0.39 is 6.09 Å². The van der Waals surface area contributed by atoms with Gasteiger partial charge in [0.1, 0.15) is 5.82 Å². The lowest BCUT2D eigenvalue weighted by Crippen LogP contribution is -2.40. The van der Waals surface area contributed by atoms with Crippen LogP contribution in [0.25, 0.3) is 0 Å². The van der Waals surface area contributed by atoms with Crippen LogP contribution in [0.15, 0.2) is 42.6 Å². The van der Waals surface area contributed by atoms with E-state index in [0.717, 1.165) is 50.3 Å². The summed E-state index contributed by atoms with van der Waals surface area (Å²) >= 11 is 0. The molecule has 1 aliphatic rings. The molecule has 6 nitrogen and oxygen atoms in total. The number of benzene rings is 1. The summed E-state index contributed by atoms with van der Waals surface area (Å²) in [7, 11) is 0. The first kappa shape index (κ1) is 18.2. The average molecular weight is 354 g/mol. The molecule has 1 aliphatic heterocycles. The molecular weight excluding hydrogens is 328 g/mol. The van der Waals surface area contributed by atoms with Gasteiger partial charge in [-0.3, -0.25) is 5.32 Å². The molecule has 0 unspecified atom stereocenters. The van der Waals surface area contributed by atoms with Gasteiger partial charge >= 0.3 is 6.09 Å². The molecule has 0 radical (unpaired) electrons. The number of anilines is 2. The quantitative estimate of drug-likeness (QED) is 0.739. The maximum absolute atomic E-state index is 10.9. The minimum Gasteiger partial charge on any atom is -0.465 e. The van der Waals surface area contributed by atoms with Crippen LogP contribution in [0, 0.1) is 6.92 Å². The van der Waals surface area contributed by atoms with Crippen LogP contribution in [0.3, 0.4) is 0 Å². The first-order valence-electron chi connectivity index (χ1n) is 9.09. The van der Waals surface area contributed by atoms with Crippen molar-refractivity contribution in [1.29, 1.82) is 0 Å². The number of likely N-dealkylation sites (tertiary alicyclic amines) is 1. The molecule has 26 heavy (non-hydrogen) atoms. The Morgan fingerprint density at radius 1 is 1.23 bits per heavy atom. The second-order valence-electron chi connectivity index (χ2n) is 6.82. The SMILES string of the molecule is Cc1ccc(NC2CCN(CCc3ccccc3NC(=O)O)CC2)nc1. The van der Waals surface area contributed by atoms with Crippen LogP contribution in [0.4, 0.5) is 16.3 Å². The van der Waals surface area contributed by atoms with Gasteiger partial charge in [0.05, 0.1) is 0 Å². The number of nitrogens with zero attached hydrogens (tertiary/aromatic N) is 2. The van der Waals surface area contributed by atoms with Crippen molar-refractivity contribution in [3.05, 3.63) is 53.7 Å². The van der Waals surface area contributed by atoms with Gasteiger partial charge in [-0.1, -0.05) is 24.3 Å². The van der Waals surface area contributed by atoms with Gasteiger partial charge in [-0.2, -0.15) is 0 Å². The third-order valence-corrected chi connectivity index (χ3v) is 4.81. The highest BCUT2D eigenvalue weighted by molar-refractivity contribution is 5.83. The topological polar surface area (TPSA) is 77.5 Å². The van der Waals surface area contributed by atoms with E-state index in [-0.39, 0.29) is 0 Å². The Kier molecular flexibility index (Phi) is 6.07. The van der Waals surface area contributed by atoms with Gasteiger partial charge in [0, 0.05) is 37.6 Å². The highest BCUT2D eigenvalue weighted by Gasteiger charge is 2.19. The minimum atomic E-state index is -1.02. The van der Waals surface area contributed by atoms with Crippen molar-refractivity contribution in [3.8, 4) is 0 Å². The fourth-order valence-electron chi connectivity index (χ4n) is 3.32. The Morgan fingerprint density at radius 3 is 2.69 bits per heavy atom. The number of para-hydroxylation sites is 1. The number of rotatable bonds is 6. The molecule has 0 spiro atoms. The van der Waals surface area contributed by atoms with Gasteiger partial charge in [-0.25, -0.2) is 9.78 Å². The molecule has 2 heterocycles. The van der Waals surface area contributed by atoms with Gasteiger partial charge in [-0.05, 0) is 49.4 Å². The van der Waals surface area contributed by atoms with Crippen LogP contribution < -0.4 is 10.6 Å². The number of pyridine rings is 1. The first-order chi connectivity index (χ1) is 12.6. The van der Waals surface area contributed by atoms with Gasteiger partial charge in [0.15, 0.2) is 0 Å². The predicted octanol–water partition coefficient (Wildman–Crippen LogP) is 3.60. The number of carboxylic acid groups (broad SMARTS) is 1. The van der Waals surface area contributed by atoms with Crippen LogP contribution in [-0.4, -0.2) is 46.8 Å². The molecule has 1 aromatic carbocycles. The van der Waals surface area contributed by atoms with Crippen molar-refractivity contribution < 1.29 is 9.90 Å². The first-order valence-corrected chi connectivity index (χ1v) is 9.09. The van der Waals surface area contributed by atoms with Gasteiger partial charge in [0.25, 0.3) is 0 Å². The molecule has 0 atom stereocenters. The summed E-state index contributed by atoms with van der Waals surface area (Å²) in [6.07, 6.45) is 3.89. The maximum atomic E-state index is 10.9. The Morgan fingerprint density at radius 2 is 2.00 bits per heavy atom. The van der Waals surface area contributed by atoms with Gasteiger partial charge in [0.2, 0.25) is 0 Å². The Hall–Kier alpha value is -2.60. The Labute approximate surface area is 154 Å². The number of piperidine rings is 1. The number of carbonyl (C=O) groups is 1. The predicted molar refractivity (Wildman–Crippen MR) is 104 cm³/mol. The van der Waals surface area contributed by atoms with Crippen LogP contribution in [0.5, 0.6) is 0 Å². The lowest BCUT2D eigenvalue weighted by Gasteiger charge is -2.32. The Balaban J connectivity index is 1.46. The molecule has 1 saturated heterocycles. The van der Waals surface area contributed by atoms with E-state index in [1.54, 1.807) is 0 Å². The molecule has 1 amide bonds. The lowest BCUT2D eigenvalue weighted by atomic mass is 10.0. The third kappa shape index (κ3) is 5.20. The fraction of sp³-hybridized carbons (Fsp3) is 0.400. The van der Waals surface area contributed by atoms with E-state index in [9.17, 15) is 4.79 Å². The van der Waals surface area contributed by atoms with E-state index in [1.165, 1.54) is 5.56 Å². The number of aryl methyl sites for hydroxylation is 1. The molecule has 6 heteroatoms. The fourth-order valence-corrected chi connectivity index (χ4v) is 3.32. The number of aromatic nitrogens is 1. The molecule has 1 fully saturated rings. The summed E-state index contributed by atoms with van der Waals surface area (Å²) in [5.74, 6) is 0.947. The maximum Gasteiger partial charge on any atom is 0.409 e. The van der Waals surface area contributed by atoms with Gasteiger partial charge in [-0.15, -0.1) is 0 Å². The van der Waals surface area contributed by atoms with E-state index in [0.29, 0.717) is 11.7 Å². The monoisotopic (exact) mass is 354 g/mol. The number of nitrogens with one attached hydrogen (secondary N) is 2. The second-order valence-corrected chi connectivity index (χ2v) is 6.82. The molecule has 2 aromatic rings. The lowest BCUT2D eigenvalue weighted by molar-refractivity contribution is 0.209. The van der Waals surface area contributed by atoms with E-state index in [1.807, 2.05) is 43.5 Å². The number of hydrogen-bond donors (Lipinski definition) is 3. The zero-order chi connectivity index (χ0) is 18.4. The molecule has 3 rings (SSSR count). The highest BCUT2D eigenvalue weighted by Crippen LogP contribution is 2.19. The zero-order valence-corrected chi connectivity index (χ0v) is 15.1. The molecule has 1 aromatic heterocycles. The highest BCUT2D eigenvalue weighted by atomic mass is 16.4. The Bertz CT molecular complexity index is 725. The summed E-state index contributed by atoms with van der Waals surface area (Å²) in [5.41, 5.74) is 2.89. The van der Waals surface area contributed by atoms with Crippen LogP contribution in [0.2, 0.25) is 0 Å². The van der Waals surface area contributed by atoms with Crippen molar-refractivity contribution in [2.24, 2.45) is 0 Å². The van der Waals surface area contributed by atoms with Gasteiger partial charge < -0.3 is 15.3 Å². The summed E-state index contributed by atoms with van der Waals surface area (Å²) in [5, 5.41) is 14.9. The van der Waals surface area contributed by atoms with Crippen molar-refractivity contribution in [1.82, 2.24) is 9.88 Å². The van der Waals surface area contributed by atoms with Crippen molar-refractivity contribution in [3.63, 3.8) is 0 Å². The second kappa shape index (κ2) is 8.67. The molecular formula is C20H26N4O2. The number of hydrogen-bond acceptors (Lipinski definition) is 4. The van der Waals surface area contributed by atoms with Crippen LogP contribution in [0.1, 0.15) is 24.0 Å². The van der Waals surface area contributed by atoms with E-state index in [2.05, 4.69) is 26.6 Å². The standard InChI is InChI=1S/C20H26N4O2/c1-15-6-7-19(21-14-15)22-17-9-12-24(13-10-17)11-8-16-4-2-3-5-18(16)23-20(25)26/h2-7,14,17,23H,8-13H2,1H3,(H,21,22)(H,25,26). The van der Waals surface area contributed by atoms with Crippen LogP contribution in [-0.2, 0) is 6.42 Å². The molecule has 0 saturated carbocycles. The number of amides is 1. The average Bonchev–Trinajstić information content (AvgIpc) is 2.64. The molecule has 0 aliphatic carbocycles. The van der Waals surface area contributed by atoms with Crippen molar-refractivity contribution in [2.75, 3.05) is 30.3 Å².